The lowest BCUT2D eigenvalue weighted by atomic mass is 10.1. The summed E-state index contributed by atoms with van der Waals surface area (Å²) in [6.45, 7) is 0. The lowest BCUT2D eigenvalue weighted by Crippen LogP contribution is -2.01. The average Bonchev–Trinajstić information content (AvgIpc) is 2.71. The second kappa shape index (κ2) is 4.25. The number of methoxy groups -OCH3 is 1. The Bertz CT molecular complexity index is 563. The maximum Gasteiger partial charge on any atom is 0.339 e. The molecule has 2 aromatic heterocycles. The minimum Gasteiger partial charge on any atom is -0.481 e. The van der Waals surface area contributed by atoms with Gasteiger partial charge in [-0.25, -0.2) is 9.78 Å². The molecule has 0 aromatic carbocycles. The molecule has 0 spiro atoms. The average molecular weight is 233 g/mol. The molecule has 0 aliphatic rings. The van der Waals surface area contributed by atoms with Gasteiger partial charge in [0.1, 0.15) is 5.56 Å². The standard InChI is InChI=1S/C11H11N3O3/c1-14-10(8(6-13-14)11(15)16)7-3-4-12-9(5-7)17-2/h3-6H,1-2H3,(H,15,16). The van der Waals surface area contributed by atoms with E-state index in [0.29, 0.717) is 17.1 Å². The summed E-state index contributed by atoms with van der Waals surface area (Å²) in [6, 6.07) is 3.38. The van der Waals surface area contributed by atoms with Gasteiger partial charge >= 0.3 is 5.97 Å². The smallest absolute Gasteiger partial charge is 0.339 e. The van der Waals surface area contributed by atoms with E-state index in [1.54, 1.807) is 25.4 Å². The van der Waals surface area contributed by atoms with E-state index >= 15 is 0 Å². The van der Waals surface area contributed by atoms with Crippen LogP contribution in [0.1, 0.15) is 10.4 Å². The number of aromatic carboxylic acids is 1. The summed E-state index contributed by atoms with van der Waals surface area (Å²) < 4.78 is 6.52. The monoisotopic (exact) mass is 233 g/mol. The van der Waals surface area contributed by atoms with Crippen molar-refractivity contribution in [3.05, 3.63) is 30.1 Å². The summed E-state index contributed by atoms with van der Waals surface area (Å²) in [5, 5.41) is 13.0. The molecule has 0 fully saturated rings. The molecule has 2 heterocycles. The molecule has 0 atom stereocenters. The van der Waals surface area contributed by atoms with Crippen molar-refractivity contribution in [2.24, 2.45) is 7.05 Å². The molecule has 0 saturated heterocycles. The van der Waals surface area contributed by atoms with Crippen LogP contribution in [0, 0.1) is 0 Å². The van der Waals surface area contributed by atoms with E-state index in [2.05, 4.69) is 10.1 Å². The summed E-state index contributed by atoms with van der Waals surface area (Å²) >= 11 is 0. The summed E-state index contributed by atoms with van der Waals surface area (Å²) in [7, 11) is 3.20. The van der Waals surface area contributed by atoms with Crippen LogP contribution >= 0.6 is 0 Å². The quantitative estimate of drug-likeness (QED) is 0.861. The van der Waals surface area contributed by atoms with Crippen molar-refractivity contribution in [3.63, 3.8) is 0 Å². The molecule has 0 aliphatic carbocycles. The molecular weight excluding hydrogens is 222 g/mol. The first-order chi connectivity index (χ1) is 8.13. The molecule has 2 rings (SSSR count). The SMILES string of the molecule is COc1cc(-c2c(C(=O)O)cnn2C)ccn1. The highest BCUT2D eigenvalue weighted by molar-refractivity contribution is 5.94. The minimum absolute atomic E-state index is 0.153. The van der Waals surface area contributed by atoms with Gasteiger partial charge in [0.05, 0.1) is 19.0 Å². The van der Waals surface area contributed by atoms with E-state index in [-0.39, 0.29) is 5.56 Å². The predicted octanol–water partition coefficient (Wildman–Crippen LogP) is 1.19. The van der Waals surface area contributed by atoms with Gasteiger partial charge in [0, 0.05) is 24.9 Å². The van der Waals surface area contributed by atoms with E-state index in [9.17, 15) is 4.79 Å². The third kappa shape index (κ3) is 1.96. The first kappa shape index (κ1) is 11.1. The highest BCUT2D eigenvalue weighted by atomic mass is 16.5. The van der Waals surface area contributed by atoms with Crippen LogP contribution in [0.2, 0.25) is 0 Å². The second-order valence-electron chi connectivity index (χ2n) is 3.42. The Morgan fingerprint density at radius 2 is 2.29 bits per heavy atom. The molecule has 0 unspecified atom stereocenters. The number of carboxylic acid groups (broad SMARTS) is 1. The molecule has 6 heteroatoms. The first-order valence-corrected chi connectivity index (χ1v) is 4.89. The van der Waals surface area contributed by atoms with Gasteiger partial charge in [-0.05, 0) is 6.07 Å². The number of rotatable bonds is 3. The van der Waals surface area contributed by atoms with Gasteiger partial charge in [-0.2, -0.15) is 5.10 Å². The van der Waals surface area contributed by atoms with Crippen LogP contribution < -0.4 is 4.74 Å². The Hall–Kier alpha value is -2.37. The van der Waals surface area contributed by atoms with Gasteiger partial charge in [0.15, 0.2) is 0 Å². The Kier molecular flexibility index (Phi) is 2.78. The van der Waals surface area contributed by atoms with Crippen molar-refractivity contribution < 1.29 is 14.6 Å². The van der Waals surface area contributed by atoms with Crippen molar-refractivity contribution in [2.75, 3.05) is 7.11 Å². The summed E-state index contributed by atoms with van der Waals surface area (Å²) in [5.41, 5.74) is 1.38. The normalized spacial score (nSPS) is 10.2. The lowest BCUT2D eigenvalue weighted by molar-refractivity contribution is 0.0697. The number of hydrogen-bond donors (Lipinski definition) is 1. The van der Waals surface area contributed by atoms with E-state index in [4.69, 9.17) is 9.84 Å². The van der Waals surface area contributed by atoms with Gasteiger partial charge < -0.3 is 9.84 Å². The number of ether oxygens (including phenoxy) is 1. The molecular formula is C11H11N3O3. The zero-order valence-electron chi connectivity index (χ0n) is 9.41. The number of nitrogens with zero attached hydrogens (tertiary/aromatic N) is 3. The zero-order valence-corrected chi connectivity index (χ0v) is 9.41. The van der Waals surface area contributed by atoms with E-state index in [1.807, 2.05) is 0 Å². The molecule has 0 bridgehead atoms. The molecule has 17 heavy (non-hydrogen) atoms. The van der Waals surface area contributed by atoms with Gasteiger partial charge in [0.2, 0.25) is 5.88 Å². The molecule has 6 nitrogen and oxygen atoms in total. The van der Waals surface area contributed by atoms with E-state index in [1.165, 1.54) is 18.0 Å². The number of pyridine rings is 1. The van der Waals surface area contributed by atoms with Crippen molar-refractivity contribution in [1.82, 2.24) is 14.8 Å². The van der Waals surface area contributed by atoms with Crippen LogP contribution in [-0.2, 0) is 7.05 Å². The van der Waals surface area contributed by atoms with Crippen LogP contribution in [0.5, 0.6) is 5.88 Å². The number of aryl methyl sites for hydroxylation is 1. The number of carbonyl (C=O) groups is 1. The highest BCUT2D eigenvalue weighted by Gasteiger charge is 2.17. The maximum absolute atomic E-state index is 11.1. The molecule has 88 valence electrons. The molecule has 0 saturated carbocycles. The molecule has 0 amide bonds. The van der Waals surface area contributed by atoms with Crippen molar-refractivity contribution >= 4 is 5.97 Å². The van der Waals surface area contributed by atoms with Crippen molar-refractivity contribution in [3.8, 4) is 17.1 Å². The summed E-state index contributed by atoms with van der Waals surface area (Å²) in [6.07, 6.45) is 2.89. The molecule has 2 aromatic rings. The number of hydrogen-bond acceptors (Lipinski definition) is 4. The van der Waals surface area contributed by atoms with Crippen LogP contribution in [0.4, 0.5) is 0 Å². The first-order valence-electron chi connectivity index (χ1n) is 4.89. The number of aromatic nitrogens is 3. The van der Waals surface area contributed by atoms with E-state index in [0.717, 1.165) is 0 Å². The maximum atomic E-state index is 11.1. The fourth-order valence-electron chi connectivity index (χ4n) is 1.60. The Morgan fingerprint density at radius 3 is 2.94 bits per heavy atom. The molecule has 0 radical (unpaired) electrons. The van der Waals surface area contributed by atoms with Crippen LogP contribution in [0.15, 0.2) is 24.5 Å². The van der Waals surface area contributed by atoms with Crippen LogP contribution in [0.3, 0.4) is 0 Å². The Labute approximate surface area is 97.5 Å². The van der Waals surface area contributed by atoms with Crippen LogP contribution in [-0.4, -0.2) is 33.0 Å². The molecule has 0 aliphatic heterocycles. The summed E-state index contributed by atoms with van der Waals surface area (Å²) in [5.74, 6) is -0.580. The second-order valence-corrected chi connectivity index (χ2v) is 3.42. The summed E-state index contributed by atoms with van der Waals surface area (Å²) in [4.78, 5) is 15.0. The van der Waals surface area contributed by atoms with Gasteiger partial charge in [0.25, 0.3) is 0 Å². The largest absolute Gasteiger partial charge is 0.481 e. The minimum atomic E-state index is -1.01. The van der Waals surface area contributed by atoms with E-state index < -0.39 is 5.97 Å². The highest BCUT2D eigenvalue weighted by Crippen LogP contribution is 2.25. The Morgan fingerprint density at radius 1 is 1.53 bits per heavy atom. The number of carboxylic acids is 1. The van der Waals surface area contributed by atoms with Crippen molar-refractivity contribution in [1.29, 1.82) is 0 Å². The van der Waals surface area contributed by atoms with Crippen LogP contribution in [0.25, 0.3) is 11.3 Å². The van der Waals surface area contributed by atoms with Crippen molar-refractivity contribution in [2.45, 2.75) is 0 Å². The predicted molar refractivity (Wildman–Crippen MR) is 60.0 cm³/mol. The van der Waals surface area contributed by atoms with Gasteiger partial charge in [-0.3, -0.25) is 4.68 Å². The molecule has 1 N–H and O–H groups in total. The third-order valence-corrected chi connectivity index (χ3v) is 2.39. The lowest BCUT2D eigenvalue weighted by Gasteiger charge is -2.05. The van der Waals surface area contributed by atoms with Gasteiger partial charge in [-0.1, -0.05) is 0 Å². The Balaban J connectivity index is 2.59. The fourth-order valence-corrected chi connectivity index (χ4v) is 1.60. The fraction of sp³-hybridized carbons (Fsp3) is 0.182. The van der Waals surface area contributed by atoms with Gasteiger partial charge in [-0.15, -0.1) is 0 Å². The zero-order chi connectivity index (χ0) is 12.4. The topological polar surface area (TPSA) is 77.2 Å². The third-order valence-electron chi connectivity index (χ3n) is 2.39.